The molecule has 4 rings (SSSR count). The molecule has 1 N–H and O–H groups in total. The molecule has 0 saturated carbocycles. The normalized spacial score (nSPS) is 18.4. The fourth-order valence-electron chi connectivity index (χ4n) is 4.62. The average molecular weight is 494 g/mol. The lowest BCUT2D eigenvalue weighted by Gasteiger charge is -2.35. The van der Waals surface area contributed by atoms with Crippen LogP contribution in [0.25, 0.3) is 0 Å². The monoisotopic (exact) mass is 493 g/mol. The molecule has 0 unspecified atom stereocenters. The van der Waals surface area contributed by atoms with Gasteiger partial charge in [0.25, 0.3) is 5.69 Å². The quantitative estimate of drug-likeness (QED) is 0.266. The fraction of sp³-hybridized carbons (Fsp3) is 0.143. The first-order chi connectivity index (χ1) is 17.4. The van der Waals surface area contributed by atoms with Gasteiger partial charge in [-0.2, -0.15) is 10.5 Å². The maximum Gasteiger partial charge on any atom is 0.269 e. The largest absolute Gasteiger partial charge is 0.511 e. The highest BCUT2D eigenvalue weighted by Gasteiger charge is 2.46. The summed E-state index contributed by atoms with van der Waals surface area (Å²) in [6, 6.07) is 27.0. The molecule has 176 valence electrons. The summed E-state index contributed by atoms with van der Waals surface area (Å²) in [4.78, 5) is 24.9. The number of aliphatic hydroxyl groups is 1. The standard InChI is InChI=1S/C28H19N3O4S/c29-15-20(16-30)22(19-11-13-21(14-12-19)31(34)35)25-26(32)23(17-7-3-1-4-8-17)28(36)24(27(25)33)18-9-5-2-6-10-18/h1-14,20,22-24,32H/t22-,23+,24-/m1/s1. The highest BCUT2D eigenvalue weighted by atomic mass is 32.1. The van der Waals surface area contributed by atoms with Crippen molar-refractivity contribution in [2.75, 3.05) is 0 Å². The molecule has 0 aliphatic heterocycles. The van der Waals surface area contributed by atoms with Crippen LogP contribution in [0.2, 0.25) is 0 Å². The van der Waals surface area contributed by atoms with Gasteiger partial charge in [-0.3, -0.25) is 14.9 Å². The van der Waals surface area contributed by atoms with Crippen molar-refractivity contribution in [3.8, 4) is 12.1 Å². The number of ketones is 1. The number of hydrogen-bond donors (Lipinski definition) is 1. The maximum absolute atomic E-state index is 14.0. The van der Waals surface area contributed by atoms with Crippen molar-refractivity contribution >= 4 is 28.6 Å². The SMILES string of the molecule is N#CC(C#N)[C@H](C1=C(O)[C@H](c2ccccc2)C(=S)[C@H](c2ccccc2)C1=O)c1ccc([N+](=O)[O-])cc1. The third-order valence-electron chi connectivity index (χ3n) is 6.30. The molecular weight excluding hydrogens is 474 g/mol. The molecule has 0 amide bonds. The number of carbonyl (C=O) groups is 1. The molecule has 3 atom stereocenters. The van der Waals surface area contributed by atoms with Crippen molar-refractivity contribution in [3.05, 3.63) is 123 Å². The van der Waals surface area contributed by atoms with Crippen LogP contribution in [0, 0.1) is 38.7 Å². The minimum Gasteiger partial charge on any atom is -0.511 e. The van der Waals surface area contributed by atoms with Crippen molar-refractivity contribution in [1.82, 2.24) is 0 Å². The van der Waals surface area contributed by atoms with Gasteiger partial charge in [0.2, 0.25) is 0 Å². The highest BCUT2D eigenvalue weighted by Crippen LogP contribution is 2.46. The predicted molar refractivity (Wildman–Crippen MR) is 136 cm³/mol. The Morgan fingerprint density at radius 2 is 1.36 bits per heavy atom. The Labute approximate surface area is 212 Å². The number of nitrogens with zero attached hydrogens (tertiary/aromatic N) is 3. The first-order valence-corrected chi connectivity index (χ1v) is 11.4. The van der Waals surface area contributed by atoms with Crippen LogP contribution in [0.5, 0.6) is 0 Å². The summed E-state index contributed by atoms with van der Waals surface area (Å²) in [5.74, 6) is -5.02. The average Bonchev–Trinajstić information content (AvgIpc) is 2.89. The Morgan fingerprint density at radius 3 is 1.83 bits per heavy atom. The minimum absolute atomic E-state index is 0.0896. The van der Waals surface area contributed by atoms with E-state index in [1.807, 2.05) is 24.3 Å². The summed E-state index contributed by atoms with van der Waals surface area (Å²) in [5, 5.41) is 42.3. The van der Waals surface area contributed by atoms with Crippen LogP contribution in [0.4, 0.5) is 5.69 Å². The topological polar surface area (TPSA) is 128 Å². The summed E-state index contributed by atoms with van der Waals surface area (Å²) in [6.07, 6.45) is 0. The smallest absolute Gasteiger partial charge is 0.269 e. The van der Waals surface area contributed by atoms with Gasteiger partial charge in [0, 0.05) is 28.5 Å². The Hall–Kier alpha value is -4.66. The van der Waals surface area contributed by atoms with Crippen LogP contribution in [0.15, 0.2) is 96.3 Å². The van der Waals surface area contributed by atoms with E-state index >= 15 is 0 Å². The molecule has 1 aliphatic carbocycles. The van der Waals surface area contributed by atoms with E-state index in [9.17, 15) is 30.5 Å². The van der Waals surface area contributed by atoms with E-state index in [0.29, 0.717) is 21.6 Å². The van der Waals surface area contributed by atoms with Crippen LogP contribution >= 0.6 is 12.2 Å². The zero-order valence-corrected chi connectivity index (χ0v) is 19.6. The summed E-state index contributed by atoms with van der Waals surface area (Å²) < 4.78 is 0. The molecule has 0 bridgehead atoms. The number of aliphatic hydroxyl groups excluding tert-OH is 1. The van der Waals surface area contributed by atoms with Crippen molar-refractivity contribution in [2.45, 2.75) is 17.8 Å². The van der Waals surface area contributed by atoms with Gasteiger partial charge in [0.15, 0.2) is 5.78 Å². The van der Waals surface area contributed by atoms with E-state index < -0.39 is 34.4 Å². The molecule has 1 aliphatic rings. The number of rotatable bonds is 6. The van der Waals surface area contributed by atoms with Gasteiger partial charge >= 0.3 is 0 Å². The zero-order chi connectivity index (χ0) is 25.8. The van der Waals surface area contributed by atoms with E-state index in [-0.39, 0.29) is 17.0 Å². The molecule has 0 spiro atoms. The summed E-state index contributed by atoms with van der Waals surface area (Å²) in [6.45, 7) is 0. The lowest BCUT2D eigenvalue weighted by atomic mass is 9.68. The molecule has 0 saturated heterocycles. The second-order valence-corrected chi connectivity index (χ2v) is 8.79. The molecule has 8 heteroatoms. The van der Waals surface area contributed by atoms with Crippen molar-refractivity contribution in [1.29, 1.82) is 10.5 Å². The number of Topliss-reactive ketones (excluding diaryl/α,β-unsaturated/α-hetero) is 1. The fourth-order valence-corrected chi connectivity index (χ4v) is 5.11. The number of hydrogen-bond acceptors (Lipinski definition) is 7. The number of non-ortho nitro benzene ring substituents is 1. The molecule has 0 heterocycles. The van der Waals surface area contributed by atoms with Crippen molar-refractivity contribution in [3.63, 3.8) is 0 Å². The van der Waals surface area contributed by atoms with Crippen LogP contribution in [-0.2, 0) is 4.79 Å². The molecule has 3 aromatic carbocycles. The van der Waals surface area contributed by atoms with Gasteiger partial charge in [-0.15, -0.1) is 0 Å². The Kier molecular flexibility index (Phi) is 7.00. The van der Waals surface area contributed by atoms with Gasteiger partial charge in [-0.1, -0.05) is 85.0 Å². The van der Waals surface area contributed by atoms with Gasteiger partial charge < -0.3 is 5.11 Å². The maximum atomic E-state index is 14.0. The number of nitro benzene ring substituents is 1. The van der Waals surface area contributed by atoms with E-state index in [1.54, 1.807) is 48.5 Å². The third-order valence-corrected chi connectivity index (χ3v) is 6.77. The lowest BCUT2D eigenvalue weighted by molar-refractivity contribution is -0.384. The van der Waals surface area contributed by atoms with E-state index in [4.69, 9.17) is 12.2 Å². The van der Waals surface area contributed by atoms with Gasteiger partial charge in [-0.25, -0.2) is 0 Å². The number of benzene rings is 3. The van der Waals surface area contributed by atoms with Crippen molar-refractivity contribution in [2.24, 2.45) is 5.92 Å². The number of nitriles is 2. The number of allylic oxidation sites excluding steroid dienone is 2. The Morgan fingerprint density at radius 1 is 0.861 bits per heavy atom. The third kappa shape index (κ3) is 4.38. The number of thiocarbonyl (C=S) groups is 1. The molecule has 3 aromatic rings. The molecule has 7 nitrogen and oxygen atoms in total. The van der Waals surface area contributed by atoms with Crippen LogP contribution < -0.4 is 0 Å². The molecular formula is C28H19N3O4S. The summed E-state index contributed by atoms with van der Waals surface area (Å²) in [5.41, 5.74) is 1.36. The minimum atomic E-state index is -1.34. The molecule has 0 aromatic heterocycles. The highest BCUT2D eigenvalue weighted by molar-refractivity contribution is 7.80. The molecule has 0 fully saturated rings. The zero-order valence-electron chi connectivity index (χ0n) is 18.8. The predicted octanol–water partition coefficient (Wildman–Crippen LogP) is 5.67. The number of carbonyl (C=O) groups excluding carboxylic acids is 1. The van der Waals surface area contributed by atoms with Crippen LogP contribution in [0.3, 0.4) is 0 Å². The van der Waals surface area contributed by atoms with Crippen LogP contribution in [0.1, 0.15) is 34.4 Å². The lowest BCUT2D eigenvalue weighted by Crippen LogP contribution is -2.37. The Bertz CT molecular complexity index is 1420. The van der Waals surface area contributed by atoms with E-state index in [1.165, 1.54) is 24.3 Å². The van der Waals surface area contributed by atoms with Gasteiger partial charge in [-0.05, 0) is 16.7 Å². The second kappa shape index (κ2) is 10.3. The first kappa shape index (κ1) is 24.5. The summed E-state index contributed by atoms with van der Waals surface area (Å²) >= 11 is 5.77. The second-order valence-electron chi connectivity index (χ2n) is 8.32. The first-order valence-electron chi connectivity index (χ1n) is 11.0. The number of nitro groups is 1. The van der Waals surface area contributed by atoms with Gasteiger partial charge in [0.1, 0.15) is 11.7 Å². The van der Waals surface area contributed by atoms with E-state index in [2.05, 4.69) is 0 Å². The van der Waals surface area contributed by atoms with Crippen molar-refractivity contribution < 1.29 is 14.8 Å². The Balaban J connectivity index is 1.98. The van der Waals surface area contributed by atoms with Gasteiger partial charge in [0.05, 0.1) is 28.9 Å². The summed E-state index contributed by atoms with van der Waals surface area (Å²) in [7, 11) is 0. The molecule has 0 radical (unpaired) electrons. The van der Waals surface area contributed by atoms with E-state index in [0.717, 1.165) is 0 Å². The van der Waals surface area contributed by atoms with Crippen LogP contribution in [-0.4, -0.2) is 20.7 Å². The molecule has 36 heavy (non-hydrogen) atoms.